The predicted molar refractivity (Wildman–Crippen MR) is 88.7 cm³/mol. The predicted octanol–water partition coefficient (Wildman–Crippen LogP) is 5.06. The van der Waals surface area contributed by atoms with Crippen LogP contribution in [-0.4, -0.2) is 0 Å². The number of allylic oxidation sites excluding steroid dienone is 2. The highest BCUT2D eigenvalue weighted by molar-refractivity contribution is 5.40. The first-order chi connectivity index (χ1) is 10.5. The van der Waals surface area contributed by atoms with E-state index in [-0.39, 0.29) is 11.8 Å². The van der Waals surface area contributed by atoms with Crippen molar-refractivity contribution >= 4 is 0 Å². The van der Waals surface area contributed by atoms with Crippen LogP contribution in [-0.2, 0) is 0 Å². The number of benzene rings is 1. The molecule has 1 aliphatic rings. The molecule has 0 saturated heterocycles. The van der Waals surface area contributed by atoms with Crippen LogP contribution in [0.15, 0.2) is 42.0 Å². The quantitative estimate of drug-likeness (QED) is 0.731. The first-order valence-electron chi connectivity index (χ1n) is 8.04. The van der Waals surface area contributed by atoms with Crippen molar-refractivity contribution in [1.82, 2.24) is 0 Å². The molecule has 0 N–H and O–H groups in total. The van der Waals surface area contributed by atoms with Gasteiger partial charge in [-0.3, -0.25) is 0 Å². The standard InChI is InChI=1S/C20H24N2/c1-14(2)17-10-18(15(3)4)20(12-21,13-22)19(11-17)16-8-6-5-7-9-16/h5-9,11,14-15,18-19H,10H2,1-4H3/t18-,19+/m1/s1. The van der Waals surface area contributed by atoms with Gasteiger partial charge in [0.25, 0.3) is 0 Å². The number of nitrogens with zero attached hydrogens (tertiary/aromatic N) is 2. The van der Waals surface area contributed by atoms with Crippen molar-refractivity contribution in [3.8, 4) is 12.1 Å². The molecule has 0 unspecified atom stereocenters. The lowest BCUT2D eigenvalue weighted by Crippen LogP contribution is -2.40. The molecule has 2 atom stereocenters. The largest absolute Gasteiger partial charge is 0.197 e. The summed E-state index contributed by atoms with van der Waals surface area (Å²) in [5.74, 6) is 0.660. The van der Waals surface area contributed by atoms with E-state index in [1.807, 2.05) is 30.3 Å². The monoisotopic (exact) mass is 292 g/mol. The summed E-state index contributed by atoms with van der Waals surface area (Å²) in [5.41, 5.74) is 1.45. The molecular formula is C20H24N2. The number of nitriles is 2. The smallest absolute Gasteiger partial charge is 0.157 e. The first kappa shape index (κ1) is 16.3. The first-order valence-corrected chi connectivity index (χ1v) is 8.04. The van der Waals surface area contributed by atoms with Crippen LogP contribution in [0.1, 0.15) is 45.6 Å². The van der Waals surface area contributed by atoms with Crippen LogP contribution in [0.25, 0.3) is 0 Å². The average Bonchev–Trinajstić information content (AvgIpc) is 2.53. The average molecular weight is 292 g/mol. The molecule has 114 valence electrons. The highest BCUT2D eigenvalue weighted by atomic mass is 14.5. The van der Waals surface area contributed by atoms with Crippen molar-refractivity contribution in [3.05, 3.63) is 47.5 Å². The van der Waals surface area contributed by atoms with Gasteiger partial charge in [-0.15, -0.1) is 0 Å². The molecule has 0 heterocycles. The summed E-state index contributed by atoms with van der Waals surface area (Å²) >= 11 is 0. The number of hydrogen-bond donors (Lipinski definition) is 0. The van der Waals surface area contributed by atoms with Crippen molar-refractivity contribution in [2.75, 3.05) is 0 Å². The van der Waals surface area contributed by atoms with Crippen molar-refractivity contribution < 1.29 is 0 Å². The van der Waals surface area contributed by atoms with Crippen LogP contribution in [0.4, 0.5) is 0 Å². The molecule has 1 aromatic carbocycles. The van der Waals surface area contributed by atoms with Crippen LogP contribution in [0, 0.1) is 45.8 Å². The molecular weight excluding hydrogens is 268 g/mol. The summed E-state index contributed by atoms with van der Waals surface area (Å²) in [5, 5.41) is 19.8. The van der Waals surface area contributed by atoms with Crippen LogP contribution < -0.4 is 0 Å². The van der Waals surface area contributed by atoms with E-state index in [1.165, 1.54) is 5.57 Å². The Hall–Kier alpha value is -2.06. The fourth-order valence-electron chi connectivity index (χ4n) is 3.60. The number of rotatable bonds is 3. The van der Waals surface area contributed by atoms with Gasteiger partial charge in [0.1, 0.15) is 0 Å². The highest BCUT2D eigenvalue weighted by Gasteiger charge is 2.50. The molecule has 0 radical (unpaired) electrons. The van der Waals surface area contributed by atoms with E-state index in [2.05, 4.69) is 45.9 Å². The maximum Gasteiger partial charge on any atom is 0.157 e. The summed E-state index contributed by atoms with van der Waals surface area (Å²) in [6, 6.07) is 14.8. The van der Waals surface area contributed by atoms with Crippen LogP contribution >= 0.6 is 0 Å². The molecule has 1 aliphatic carbocycles. The van der Waals surface area contributed by atoms with E-state index in [0.29, 0.717) is 11.8 Å². The van der Waals surface area contributed by atoms with Crippen LogP contribution in [0.3, 0.4) is 0 Å². The van der Waals surface area contributed by atoms with E-state index in [0.717, 1.165) is 12.0 Å². The lowest BCUT2D eigenvalue weighted by Gasteiger charge is -2.42. The van der Waals surface area contributed by atoms with Gasteiger partial charge in [0, 0.05) is 5.92 Å². The van der Waals surface area contributed by atoms with Gasteiger partial charge in [0.05, 0.1) is 12.1 Å². The maximum absolute atomic E-state index is 9.92. The molecule has 0 bridgehead atoms. The Kier molecular flexibility index (Phi) is 4.72. The minimum Gasteiger partial charge on any atom is -0.197 e. The van der Waals surface area contributed by atoms with Gasteiger partial charge in [-0.2, -0.15) is 10.5 Å². The Balaban J connectivity index is 2.65. The zero-order chi connectivity index (χ0) is 16.3. The molecule has 22 heavy (non-hydrogen) atoms. The third-order valence-electron chi connectivity index (χ3n) is 4.99. The van der Waals surface area contributed by atoms with E-state index < -0.39 is 5.41 Å². The van der Waals surface area contributed by atoms with Gasteiger partial charge in [0.2, 0.25) is 0 Å². The molecule has 2 nitrogen and oxygen atoms in total. The topological polar surface area (TPSA) is 47.6 Å². The van der Waals surface area contributed by atoms with Gasteiger partial charge in [-0.25, -0.2) is 0 Å². The van der Waals surface area contributed by atoms with Gasteiger partial charge in [-0.1, -0.05) is 69.7 Å². The Bertz CT molecular complexity index is 612. The summed E-state index contributed by atoms with van der Waals surface area (Å²) < 4.78 is 0. The maximum atomic E-state index is 9.92. The van der Waals surface area contributed by atoms with E-state index in [4.69, 9.17) is 0 Å². The third-order valence-corrected chi connectivity index (χ3v) is 4.99. The van der Waals surface area contributed by atoms with Crippen molar-refractivity contribution in [2.24, 2.45) is 23.2 Å². The molecule has 1 aromatic rings. The summed E-state index contributed by atoms with van der Waals surface area (Å²) in [4.78, 5) is 0. The molecule has 0 aromatic heterocycles. The SMILES string of the molecule is CC(C)C1=C[C@@H](c2ccccc2)C(C#N)(C#N)[C@@H](C(C)C)C1. The Morgan fingerprint density at radius 3 is 2.09 bits per heavy atom. The zero-order valence-electron chi connectivity index (χ0n) is 13.9. The summed E-state index contributed by atoms with van der Waals surface area (Å²) in [7, 11) is 0. The van der Waals surface area contributed by atoms with Crippen LogP contribution in [0.5, 0.6) is 0 Å². The zero-order valence-corrected chi connectivity index (χ0v) is 13.9. The highest BCUT2D eigenvalue weighted by Crippen LogP contribution is 2.52. The molecule has 0 fully saturated rings. The van der Waals surface area contributed by atoms with Gasteiger partial charge in [0.15, 0.2) is 5.41 Å². The second-order valence-electron chi connectivity index (χ2n) is 6.93. The molecule has 2 rings (SSSR count). The molecule has 0 saturated carbocycles. The minimum atomic E-state index is -0.978. The second kappa shape index (κ2) is 6.37. The van der Waals surface area contributed by atoms with E-state index in [9.17, 15) is 10.5 Å². The van der Waals surface area contributed by atoms with Crippen molar-refractivity contribution in [3.63, 3.8) is 0 Å². The van der Waals surface area contributed by atoms with E-state index >= 15 is 0 Å². The van der Waals surface area contributed by atoms with Crippen molar-refractivity contribution in [2.45, 2.75) is 40.0 Å². The lowest BCUT2D eigenvalue weighted by atomic mass is 9.57. The third kappa shape index (κ3) is 2.67. The minimum absolute atomic E-state index is 0.0649. The molecule has 0 spiro atoms. The fourth-order valence-corrected chi connectivity index (χ4v) is 3.60. The lowest BCUT2D eigenvalue weighted by molar-refractivity contribution is 0.197. The molecule has 0 amide bonds. The number of hydrogen-bond acceptors (Lipinski definition) is 2. The Labute approximate surface area is 134 Å². The molecule has 2 heteroatoms. The Morgan fingerprint density at radius 2 is 1.64 bits per heavy atom. The summed E-state index contributed by atoms with van der Waals surface area (Å²) in [6.45, 7) is 8.63. The van der Waals surface area contributed by atoms with Gasteiger partial charge in [-0.05, 0) is 29.7 Å². The van der Waals surface area contributed by atoms with Crippen LogP contribution in [0.2, 0.25) is 0 Å². The molecule has 0 aliphatic heterocycles. The normalized spacial score (nSPS) is 23.7. The Morgan fingerprint density at radius 1 is 1.05 bits per heavy atom. The summed E-state index contributed by atoms with van der Waals surface area (Å²) in [6.07, 6.45) is 3.03. The van der Waals surface area contributed by atoms with Crippen molar-refractivity contribution in [1.29, 1.82) is 10.5 Å². The second-order valence-corrected chi connectivity index (χ2v) is 6.93. The van der Waals surface area contributed by atoms with Gasteiger partial charge >= 0.3 is 0 Å². The van der Waals surface area contributed by atoms with Gasteiger partial charge < -0.3 is 0 Å². The fraction of sp³-hybridized carbons (Fsp3) is 0.500. The van der Waals surface area contributed by atoms with E-state index in [1.54, 1.807) is 0 Å².